The van der Waals surface area contributed by atoms with Gasteiger partial charge in [0.25, 0.3) is 5.91 Å². The summed E-state index contributed by atoms with van der Waals surface area (Å²) in [6.45, 7) is 3.27. The average molecular weight is 339 g/mol. The number of hydrogen-bond donors (Lipinski definition) is 1. The quantitative estimate of drug-likeness (QED) is 0.935. The Kier molecular flexibility index (Phi) is 4.34. The first-order valence-electron chi connectivity index (χ1n) is 9.25. The van der Waals surface area contributed by atoms with E-state index in [9.17, 15) is 9.90 Å². The van der Waals surface area contributed by atoms with Crippen LogP contribution in [-0.4, -0.2) is 38.6 Å². The molecule has 132 valence electrons. The van der Waals surface area contributed by atoms with Crippen molar-refractivity contribution in [1.82, 2.24) is 14.5 Å². The number of carbonyl (C=O) groups is 1. The SMILES string of the molecule is CC(O)c1ccc(C(=O)N2CCC(n3cnc4c3CCCC4)C2)cc1. The van der Waals surface area contributed by atoms with Crippen molar-refractivity contribution in [1.29, 1.82) is 0 Å². The minimum absolute atomic E-state index is 0.0774. The zero-order valence-corrected chi connectivity index (χ0v) is 14.7. The van der Waals surface area contributed by atoms with E-state index in [1.807, 2.05) is 35.5 Å². The third-order valence-electron chi connectivity index (χ3n) is 5.54. The number of amides is 1. The highest BCUT2D eigenvalue weighted by Gasteiger charge is 2.30. The van der Waals surface area contributed by atoms with Gasteiger partial charge in [-0.25, -0.2) is 4.98 Å². The van der Waals surface area contributed by atoms with Crippen LogP contribution < -0.4 is 0 Å². The number of benzene rings is 1. The lowest BCUT2D eigenvalue weighted by atomic mass is 10.0. The highest BCUT2D eigenvalue weighted by atomic mass is 16.3. The minimum Gasteiger partial charge on any atom is -0.389 e. The Morgan fingerprint density at radius 3 is 2.76 bits per heavy atom. The van der Waals surface area contributed by atoms with Gasteiger partial charge in [0.2, 0.25) is 0 Å². The van der Waals surface area contributed by atoms with E-state index in [-0.39, 0.29) is 5.91 Å². The predicted molar refractivity (Wildman–Crippen MR) is 95.5 cm³/mol. The molecule has 1 fully saturated rings. The first-order valence-corrected chi connectivity index (χ1v) is 9.25. The molecule has 1 N–H and O–H groups in total. The summed E-state index contributed by atoms with van der Waals surface area (Å²) in [5.74, 6) is 0.0774. The van der Waals surface area contributed by atoms with Crippen LogP contribution >= 0.6 is 0 Å². The molecular formula is C20H25N3O2. The maximum atomic E-state index is 12.8. The van der Waals surface area contributed by atoms with E-state index in [1.165, 1.54) is 24.2 Å². The van der Waals surface area contributed by atoms with E-state index >= 15 is 0 Å². The van der Waals surface area contributed by atoms with Crippen molar-refractivity contribution in [3.05, 3.63) is 53.1 Å². The van der Waals surface area contributed by atoms with Crippen LogP contribution in [0.3, 0.4) is 0 Å². The molecule has 2 aromatic rings. The number of aliphatic hydroxyl groups excluding tert-OH is 1. The second-order valence-electron chi connectivity index (χ2n) is 7.24. The maximum absolute atomic E-state index is 12.8. The molecule has 2 atom stereocenters. The van der Waals surface area contributed by atoms with Gasteiger partial charge in [-0.3, -0.25) is 4.79 Å². The Hall–Kier alpha value is -2.14. The fourth-order valence-corrected chi connectivity index (χ4v) is 4.05. The number of likely N-dealkylation sites (tertiary alicyclic amines) is 1. The number of imidazole rings is 1. The molecule has 1 saturated heterocycles. The van der Waals surface area contributed by atoms with Crippen LogP contribution in [0.25, 0.3) is 0 Å². The van der Waals surface area contributed by atoms with Crippen LogP contribution in [0.15, 0.2) is 30.6 Å². The van der Waals surface area contributed by atoms with Gasteiger partial charge in [0.15, 0.2) is 0 Å². The largest absolute Gasteiger partial charge is 0.389 e. The van der Waals surface area contributed by atoms with Crippen LogP contribution in [0.2, 0.25) is 0 Å². The topological polar surface area (TPSA) is 58.4 Å². The Bertz CT molecular complexity index is 764. The molecule has 0 saturated carbocycles. The molecular weight excluding hydrogens is 314 g/mol. The van der Waals surface area contributed by atoms with E-state index in [0.717, 1.165) is 37.9 Å². The molecule has 1 aliphatic carbocycles. The van der Waals surface area contributed by atoms with E-state index in [0.29, 0.717) is 11.6 Å². The predicted octanol–water partition coefficient (Wildman–Crippen LogP) is 2.90. The molecule has 4 rings (SSSR count). The molecule has 1 amide bonds. The lowest BCUT2D eigenvalue weighted by Crippen LogP contribution is -2.29. The number of fused-ring (bicyclic) bond motifs is 1. The summed E-state index contributed by atoms with van der Waals surface area (Å²) in [7, 11) is 0. The summed E-state index contributed by atoms with van der Waals surface area (Å²) in [5.41, 5.74) is 4.16. The van der Waals surface area contributed by atoms with Gasteiger partial charge in [-0.2, -0.15) is 0 Å². The molecule has 0 radical (unpaired) electrons. The van der Waals surface area contributed by atoms with E-state index < -0.39 is 6.10 Å². The molecule has 0 spiro atoms. The molecule has 1 aromatic heterocycles. The lowest BCUT2D eigenvalue weighted by molar-refractivity contribution is 0.0787. The molecule has 2 heterocycles. The normalized spacial score (nSPS) is 21.2. The molecule has 25 heavy (non-hydrogen) atoms. The lowest BCUT2D eigenvalue weighted by Gasteiger charge is -2.20. The molecule has 0 bridgehead atoms. The number of rotatable bonds is 3. The number of aromatic nitrogens is 2. The van der Waals surface area contributed by atoms with E-state index in [1.54, 1.807) is 6.92 Å². The van der Waals surface area contributed by atoms with Crippen molar-refractivity contribution >= 4 is 5.91 Å². The van der Waals surface area contributed by atoms with Crippen molar-refractivity contribution in [3.63, 3.8) is 0 Å². The Labute approximate surface area is 148 Å². The summed E-state index contributed by atoms with van der Waals surface area (Å²) < 4.78 is 2.32. The molecule has 1 aromatic carbocycles. The fraction of sp³-hybridized carbons (Fsp3) is 0.500. The van der Waals surface area contributed by atoms with Crippen molar-refractivity contribution in [2.24, 2.45) is 0 Å². The molecule has 1 aliphatic heterocycles. The highest BCUT2D eigenvalue weighted by Crippen LogP contribution is 2.29. The standard InChI is InChI=1S/C20H25N3O2/c1-14(24)15-6-8-16(9-7-15)20(25)22-11-10-17(12-22)23-13-21-18-4-2-3-5-19(18)23/h6-9,13-14,17,24H,2-5,10-12H2,1H3. The van der Waals surface area contributed by atoms with Crippen LogP contribution in [0, 0.1) is 0 Å². The van der Waals surface area contributed by atoms with Gasteiger partial charge in [0.1, 0.15) is 0 Å². The number of hydrogen-bond acceptors (Lipinski definition) is 3. The molecule has 2 unspecified atom stereocenters. The van der Waals surface area contributed by atoms with Crippen LogP contribution in [0.1, 0.15) is 65.6 Å². The highest BCUT2D eigenvalue weighted by molar-refractivity contribution is 5.94. The Morgan fingerprint density at radius 2 is 2.00 bits per heavy atom. The van der Waals surface area contributed by atoms with Crippen molar-refractivity contribution in [2.75, 3.05) is 13.1 Å². The third-order valence-corrected chi connectivity index (χ3v) is 5.54. The number of carbonyl (C=O) groups excluding carboxylic acids is 1. The zero-order chi connectivity index (χ0) is 17.4. The van der Waals surface area contributed by atoms with Crippen molar-refractivity contribution in [3.8, 4) is 0 Å². The smallest absolute Gasteiger partial charge is 0.253 e. The second kappa shape index (κ2) is 6.64. The number of aliphatic hydroxyl groups is 1. The maximum Gasteiger partial charge on any atom is 0.253 e. The molecule has 5 nitrogen and oxygen atoms in total. The second-order valence-corrected chi connectivity index (χ2v) is 7.24. The minimum atomic E-state index is -0.507. The van der Waals surface area contributed by atoms with Gasteiger partial charge in [0.05, 0.1) is 24.2 Å². The summed E-state index contributed by atoms with van der Waals surface area (Å²) in [6.07, 6.45) is 7.14. The van der Waals surface area contributed by atoms with Gasteiger partial charge in [0, 0.05) is 24.3 Å². The van der Waals surface area contributed by atoms with Crippen LogP contribution in [0.4, 0.5) is 0 Å². The van der Waals surface area contributed by atoms with Gasteiger partial charge in [-0.1, -0.05) is 12.1 Å². The van der Waals surface area contributed by atoms with E-state index in [2.05, 4.69) is 9.55 Å². The third kappa shape index (κ3) is 3.09. The average Bonchev–Trinajstić information content (AvgIpc) is 3.28. The first kappa shape index (κ1) is 16.3. The zero-order valence-electron chi connectivity index (χ0n) is 14.7. The number of nitrogens with zero attached hydrogens (tertiary/aromatic N) is 3. The van der Waals surface area contributed by atoms with Gasteiger partial charge >= 0.3 is 0 Å². The molecule has 5 heteroatoms. The first-order chi connectivity index (χ1) is 12.1. The monoisotopic (exact) mass is 339 g/mol. The Morgan fingerprint density at radius 1 is 1.24 bits per heavy atom. The summed E-state index contributed by atoms with van der Waals surface area (Å²) in [4.78, 5) is 19.3. The van der Waals surface area contributed by atoms with Gasteiger partial charge < -0.3 is 14.6 Å². The van der Waals surface area contributed by atoms with Crippen LogP contribution in [-0.2, 0) is 12.8 Å². The van der Waals surface area contributed by atoms with Crippen LogP contribution in [0.5, 0.6) is 0 Å². The molecule has 2 aliphatic rings. The van der Waals surface area contributed by atoms with Crippen molar-refractivity contribution < 1.29 is 9.90 Å². The summed E-state index contributed by atoms with van der Waals surface area (Å²) in [5, 5.41) is 9.60. The van der Waals surface area contributed by atoms with Crippen molar-refractivity contribution in [2.45, 2.75) is 51.2 Å². The number of aryl methyl sites for hydroxylation is 1. The summed E-state index contributed by atoms with van der Waals surface area (Å²) >= 11 is 0. The fourth-order valence-electron chi connectivity index (χ4n) is 4.05. The summed E-state index contributed by atoms with van der Waals surface area (Å²) in [6, 6.07) is 7.64. The van der Waals surface area contributed by atoms with Gasteiger partial charge in [-0.15, -0.1) is 0 Å². The Balaban J connectivity index is 1.47. The van der Waals surface area contributed by atoms with Gasteiger partial charge in [-0.05, 0) is 56.7 Å². The van der Waals surface area contributed by atoms with E-state index in [4.69, 9.17) is 0 Å².